The van der Waals surface area contributed by atoms with Gasteiger partial charge in [-0.2, -0.15) is 0 Å². The Morgan fingerprint density at radius 3 is 2.53 bits per heavy atom. The van der Waals surface area contributed by atoms with E-state index in [1.54, 1.807) is 11.8 Å². The van der Waals surface area contributed by atoms with Gasteiger partial charge in [-0.1, -0.05) is 0 Å². The van der Waals surface area contributed by atoms with Gasteiger partial charge in [-0.25, -0.2) is 0 Å². The largest absolute Gasteiger partial charge is 0.334 e. The normalized spacial score (nSPS) is 14.7. The molecule has 1 aliphatic rings. The van der Waals surface area contributed by atoms with Crippen molar-refractivity contribution in [2.24, 2.45) is 0 Å². The van der Waals surface area contributed by atoms with Crippen LogP contribution in [0.1, 0.15) is 23.2 Å². The third kappa shape index (κ3) is 3.17. The van der Waals surface area contributed by atoms with Gasteiger partial charge in [0.25, 0.3) is 5.91 Å². The van der Waals surface area contributed by atoms with E-state index in [9.17, 15) is 4.79 Å². The quantitative estimate of drug-likeness (QED) is 0.604. The Morgan fingerprint density at radius 2 is 2.06 bits per heavy atom. The molecule has 1 aromatic carbocycles. The summed E-state index contributed by atoms with van der Waals surface area (Å²) in [6.45, 7) is 0.648. The molecule has 0 bridgehead atoms. The number of nitrogens with zero attached hydrogens (tertiary/aromatic N) is 1. The molecule has 17 heavy (non-hydrogen) atoms. The maximum Gasteiger partial charge on any atom is 0.254 e. The van der Waals surface area contributed by atoms with Crippen LogP contribution >= 0.6 is 23.4 Å². The van der Waals surface area contributed by atoms with Gasteiger partial charge >= 0.3 is 0 Å². The number of halogens is 1. The highest BCUT2D eigenvalue weighted by molar-refractivity contribution is 7.98. The van der Waals surface area contributed by atoms with Crippen molar-refractivity contribution in [3.8, 4) is 0 Å². The maximum atomic E-state index is 12.3. The SMILES string of the molecule is CSc1ccc(C(=O)N(CCCl)C2CC2)cc1. The van der Waals surface area contributed by atoms with Crippen molar-refractivity contribution >= 4 is 29.3 Å². The van der Waals surface area contributed by atoms with E-state index in [0.717, 1.165) is 18.4 Å². The first kappa shape index (κ1) is 12.8. The summed E-state index contributed by atoms with van der Waals surface area (Å²) in [5.74, 6) is 0.617. The van der Waals surface area contributed by atoms with Gasteiger partial charge in [0.05, 0.1) is 0 Å². The molecular formula is C13H16ClNOS. The lowest BCUT2D eigenvalue weighted by atomic mass is 10.2. The van der Waals surface area contributed by atoms with E-state index in [1.807, 2.05) is 35.4 Å². The molecule has 0 radical (unpaired) electrons. The lowest BCUT2D eigenvalue weighted by Crippen LogP contribution is -2.34. The third-order valence-electron chi connectivity index (χ3n) is 2.91. The van der Waals surface area contributed by atoms with Gasteiger partial charge in [0, 0.05) is 28.9 Å². The zero-order valence-electron chi connectivity index (χ0n) is 9.86. The molecule has 0 aliphatic heterocycles. The summed E-state index contributed by atoms with van der Waals surface area (Å²) in [5.41, 5.74) is 0.764. The first-order valence-electron chi connectivity index (χ1n) is 5.77. The Bertz CT molecular complexity index is 389. The number of alkyl halides is 1. The number of hydrogen-bond acceptors (Lipinski definition) is 2. The lowest BCUT2D eigenvalue weighted by molar-refractivity contribution is 0.0753. The molecule has 1 aliphatic carbocycles. The zero-order chi connectivity index (χ0) is 12.3. The average molecular weight is 270 g/mol. The van der Waals surface area contributed by atoms with Crippen LogP contribution in [0.5, 0.6) is 0 Å². The molecule has 1 fully saturated rings. The van der Waals surface area contributed by atoms with Crippen LogP contribution in [0.25, 0.3) is 0 Å². The molecule has 0 N–H and O–H groups in total. The predicted octanol–water partition coefficient (Wildman–Crippen LogP) is 3.25. The minimum Gasteiger partial charge on any atom is -0.334 e. The first-order chi connectivity index (χ1) is 8.26. The fourth-order valence-electron chi connectivity index (χ4n) is 1.83. The monoisotopic (exact) mass is 269 g/mol. The summed E-state index contributed by atoms with van der Waals surface area (Å²) in [6.07, 6.45) is 4.26. The van der Waals surface area contributed by atoms with E-state index >= 15 is 0 Å². The van der Waals surface area contributed by atoms with E-state index in [4.69, 9.17) is 11.6 Å². The molecule has 1 amide bonds. The summed E-state index contributed by atoms with van der Waals surface area (Å²) in [7, 11) is 0. The van der Waals surface area contributed by atoms with Crippen LogP contribution in [0.15, 0.2) is 29.2 Å². The second-order valence-corrected chi connectivity index (χ2v) is 5.40. The van der Waals surface area contributed by atoms with Gasteiger partial charge in [-0.05, 0) is 43.4 Å². The van der Waals surface area contributed by atoms with Crippen molar-refractivity contribution in [3.05, 3.63) is 29.8 Å². The number of carbonyl (C=O) groups excluding carboxylic acids is 1. The van der Waals surface area contributed by atoms with Gasteiger partial charge < -0.3 is 4.90 Å². The second kappa shape index (κ2) is 5.78. The first-order valence-corrected chi connectivity index (χ1v) is 7.53. The Hall–Kier alpha value is -0.670. The highest BCUT2D eigenvalue weighted by atomic mass is 35.5. The van der Waals surface area contributed by atoms with Gasteiger partial charge in [0.15, 0.2) is 0 Å². The summed E-state index contributed by atoms with van der Waals surface area (Å²) in [5, 5.41) is 0. The molecule has 1 aromatic rings. The smallest absolute Gasteiger partial charge is 0.254 e. The average Bonchev–Trinajstić information content (AvgIpc) is 3.19. The van der Waals surface area contributed by atoms with Crippen LogP contribution in [-0.2, 0) is 0 Å². The maximum absolute atomic E-state index is 12.3. The standard InChI is InChI=1S/C13H16ClNOS/c1-17-12-6-2-10(3-7-12)13(16)15(9-8-14)11-4-5-11/h2-3,6-7,11H,4-5,8-9H2,1H3. The lowest BCUT2D eigenvalue weighted by Gasteiger charge is -2.21. The van der Waals surface area contributed by atoms with E-state index in [2.05, 4.69) is 0 Å². The van der Waals surface area contributed by atoms with Crippen molar-refractivity contribution in [2.75, 3.05) is 18.7 Å². The van der Waals surface area contributed by atoms with Crippen LogP contribution in [0.3, 0.4) is 0 Å². The number of amides is 1. The van der Waals surface area contributed by atoms with Crippen LogP contribution < -0.4 is 0 Å². The van der Waals surface area contributed by atoms with E-state index in [-0.39, 0.29) is 5.91 Å². The molecular weight excluding hydrogens is 254 g/mol. The Labute approximate surface area is 111 Å². The zero-order valence-corrected chi connectivity index (χ0v) is 11.4. The van der Waals surface area contributed by atoms with Crippen LogP contribution in [-0.4, -0.2) is 35.5 Å². The molecule has 0 unspecified atom stereocenters. The number of benzene rings is 1. The van der Waals surface area contributed by atoms with E-state index < -0.39 is 0 Å². The highest BCUT2D eigenvalue weighted by Crippen LogP contribution is 2.28. The van der Waals surface area contributed by atoms with Crippen molar-refractivity contribution in [3.63, 3.8) is 0 Å². The molecule has 1 saturated carbocycles. The van der Waals surface area contributed by atoms with Crippen LogP contribution in [0.4, 0.5) is 0 Å². The number of hydrogen-bond donors (Lipinski definition) is 0. The Balaban J connectivity index is 2.10. The van der Waals surface area contributed by atoms with Crippen LogP contribution in [0.2, 0.25) is 0 Å². The van der Waals surface area contributed by atoms with E-state index in [1.165, 1.54) is 4.90 Å². The minimum absolute atomic E-state index is 0.112. The third-order valence-corrected chi connectivity index (χ3v) is 3.82. The van der Waals surface area contributed by atoms with Gasteiger partial charge in [0.2, 0.25) is 0 Å². The number of thioether (sulfide) groups is 1. The number of carbonyl (C=O) groups is 1. The molecule has 0 heterocycles. The fourth-order valence-corrected chi connectivity index (χ4v) is 2.42. The van der Waals surface area contributed by atoms with Gasteiger partial charge in [-0.15, -0.1) is 23.4 Å². The van der Waals surface area contributed by atoms with Gasteiger partial charge in [-0.3, -0.25) is 4.79 Å². The predicted molar refractivity (Wildman–Crippen MR) is 73.0 cm³/mol. The van der Waals surface area contributed by atoms with Crippen molar-refractivity contribution < 1.29 is 4.79 Å². The molecule has 2 rings (SSSR count). The fraction of sp³-hybridized carbons (Fsp3) is 0.462. The molecule has 4 heteroatoms. The summed E-state index contributed by atoms with van der Waals surface area (Å²) in [6, 6.07) is 8.20. The van der Waals surface area contributed by atoms with E-state index in [0.29, 0.717) is 18.5 Å². The molecule has 0 spiro atoms. The molecule has 0 atom stereocenters. The Morgan fingerprint density at radius 1 is 1.41 bits per heavy atom. The Kier molecular flexibility index (Phi) is 4.35. The van der Waals surface area contributed by atoms with Crippen molar-refractivity contribution in [2.45, 2.75) is 23.8 Å². The summed E-state index contributed by atoms with van der Waals surface area (Å²) < 4.78 is 0. The summed E-state index contributed by atoms with van der Waals surface area (Å²) >= 11 is 7.43. The topological polar surface area (TPSA) is 20.3 Å². The molecule has 92 valence electrons. The van der Waals surface area contributed by atoms with Crippen LogP contribution in [0, 0.1) is 0 Å². The molecule has 0 saturated heterocycles. The summed E-state index contributed by atoms with van der Waals surface area (Å²) in [4.78, 5) is 15.4. The second-order valence-electron chi connectivity index (χ2n) is 4.15. The van der Waals surface area contributed by atoms with Crippen molar-refractivity contribution in [1.82, 2.24) is 4.90 Å². The van der Waals surface area contributed by atoms with Gasteiger partial charge in [0.1, 0.15) is 0 Å². The number of rotatable bonds is 5. The minimum atomic E-state index is 0.112. The molecule has 0 aromatic heterocycles. The van der Waals surface area contributed by atoms with Crippen molar-refractivity contribution in [1.29, 1.82) is 0 Å². The molecule has 2 nitrogen and oxygen atoms in total. The highest BCUT2D eigenvalue weighted by Gasteiger charge is 2.32.